The molecule has 3 N–H and O–H groups in total. The molecule has 6 rings (SSSR count). The SMILES string of the molecule is CC/C=C\C/C=C\C/C=C\C/C=C\C/C=C\C/C=C\CCC(=O)NCCNC(=O)c1cc(C2CC(O)(c3ccc(OCc4c(-c5c(Cl)cccc5Cl)noc4C4CC4)cc3Cl)C2)n(C(C)C)n1. The van der Waals surface area contributed by atoms with Crippen molar-refractivity contribution in [2.45, 2.75) is 128 Å². The zero-order valence-electron chi connectivity index (χ0n) is 38.9. The lowest BCUT2D eigenvalue weighted by molar-refractivity contribution is -0.120. The van der Waals surface area contributed by atoms with Gasteiger partial charge in [0.2, 0.25) is 5.91 Å². The van der Waals surface area contributed by atoms with Crippen LogP contribution >= 0.6 is 34.8 Å². The van der Waals surface area contributed by atoms with Crippen molar-refractivity contribution in [2.75, 3.05) is 13.1 Å². The number of aromatic nitrogens is 3. The molecule has 2 aromatic heterocycles. The lowest BCUT2D eigenvalue weighted by Gasteiger charge is -2.44. The van der Waals surface area contributed by atoms with Gasteiger partial charge >= 0.3 is 0 Å². The molecule has 13 heteroatoms. The highest BCUT2D eigenvalue weighted by molar-refractivity contribution is 6.39. The molecule has 2 aromatic carbocycles. The van der Waals surface area contributed by atoms with E-state index >= 15 is 0 Å². The van der Waals surface area contributed by atoms with E-state index in [4.69, 9.17) is 44.1 Å². The second-order valence-electron chi connectivity index (χ2n) is 17.4. The van der Waals surface area contributed by atoms with Gasteiger partial charge in [-0.3, -0.25) is 14.3 Å². The van der Waals surface area contributed by atoms with Crippen LogP contribution < -0.4 is 15.4 Å². The number of carbonyl (C=O) groups excluding carboxylic acids is 2. The highest BCUT2D eigenvalue weighted by atomic mass is 35.5. The van der Waals surface area contributed by atoms with Crippen molar-refractivity contribution < 1.29 is 24.0 Å². The van der Waals surface area contributed by atoms with Crippen molar-refractivity contribution in [1.29, 1.82) is 0 Å². The molecule has 356 valence electrons. The minimum atomic E-state index is -1.17. The highest BCUT2D eigenvalue weighted by Crippen LogP contribution is 2.53. The number of rotatable bonds is 26. The van der Waals surface area contributed by atoms with Crippen LogP contribution in [0, 0.1) is 0 Å². The predicted molar refractivity (Wildman–Crippen MR) is 271 cm³/mol. The van der Waals surface area contributed by atoms with Gasteiger partial charge in [0.1, 0.15) is 29.5 Å². The second kappa shape index (κ2) is 25.9. The molecule has 4 aromatic rings. The summed E-state index contributed by atoms with van der Waals surface area (Å²) in [7, 11) is 0. The van der Waals surface area contributed by atoms with Crippen molar-refractivity contribution in [1.82, 2.24) is 25.6 Å². The van der Waals surface area contributed by atoms with Gasteiger partial charge in [0.05, 0.1) is 26.2 Å². The number of carbonyl (C=O) groups is 2. The van der Waals surface area contributed by atoms with Gasteiger partial charge in [0, 0.05) is 54.2 Å². The Morgan fingerprint density at radius 3 is 2.00 bits per heavy atom. The van der Waals surface area contributed by atoms with Gasteiger partial charge in [0.15, 0.2) is 0 Å². The van der Waals surface area contributed by atoms with Crippen LogP contribution in [0.5, 0.6) is 5.75 Å². The zero-order chi connectivity index (χ0) is 47.6. The normalized spacial score (nSPS) is 17.6. The lowest BCUT2D eigenvalue weighted by Crippen LogP contribution is -2.41. The Balaban J connectivity index is 0.892. The van der Waals surface area contributed by atoms with Gasteiger partial charge in [-0.1, -0.05) is 132 Å². The number of aliphatic hydroxyl groups is 1. The predicted octanol–water partition coefficient (Wildman–Crippen LogP) is 13.6. The summed E-state index contributed by atoms with van der Waals surface area (Å²) in [6.45, 7) is 6.91. The summed E-state index contributed by atoms with van der Waals surface area (Å²) in [5, 5.41) is 27.8. The first-order valence-electron chi connectivity index (χ1n) is 23.6. The Hall–Kier alpha value is -5.13. The molecule has 2 aliphatic rings. The molecule has 0 saturated heterocycles. The molecule has 2 heterocycles. The quantitative estimate of drug-likeness (QED) is 0.0422. The van der Waals surface area contributed by atoms with E-state index in [-0.39, 0.29) is 42.8 Å². The smallest absolute Gasteiger partial charge is 0.271 e. The fourth-order valence-corrected chi connectivity index (χ4v) is 8.92. The molecule has 0 aliphatic heterocycles. The molecule has 0 radical (unpaired) electrons. The number of hydrogen-bond acceptors (Lipinski definition) is 7. The van der Waals surface area contributed by atoms with Gasteiger partial charge in [-0.05, 0) is 115 Å². The second-order valence-corrected chi connectivity index (χ2v) is 18.6. The van der Waals surface area contributed by atoms with Gasteiger partial charge in [0.25, 0.3) is 5.91 Å². The summed E-state index contributed by atoms with van der Waals surface area (Å²) in [4.78, 5) is 25.6. The van der Waals surface area contributed by atoms with Crippen LogP contribution in [0.2, 0.25) is 15.1 Å². The number of benzene rings is 2. The van der Waals surface area contributed by atoms with E-state index in [9.17, 15) is 14.7 Å². The monoisotopic (exact) mass is 967 g/mol. The molecule has 2 fully saturated rings. The molecule has 0 bridgehead atoms. The van der Waals surface area contributed by atoms with E-state index in [1.807, 2.05) is 24.6 Å². The largest absolute Gasteiger partial charge is 0.489 e. The maximum Gasteiger partial charge on any atom is 0.271 e. The molecule has 10 nitrogen and oxygen atoms in total. The Bertz CT molecular complexity index is 2430. The van der Waals surface area contributed by atoms with E-state index in [1.165, 1.54) is 0 Å². The van der Waals surface area contributed by atoms with Gasteiger partial charge in [-0.15, -0.1) is 0 Å². The van der Waals surface area contributed by atoms with Crippen LogP contribution in [0.25, 0.3) is 11.3 Å². The molecule has 2 saturated carbocycles. The topological polar surface area (TPSA) is 132 Å². The summed E-state index contributed by atoms with van der Waals surface area (Å²) in [6, 6.07) is 12.4. The first kappa shape index (κ1) is 51.3. The van der Waals surface area contributed by atoms with E-state index in [0.29, 0.717) is 75.6 Å². The van der Waals surface area contributed by atoms with Crippen LogP contribution in [-0.2, 0) is 17.0 Å². The van der Waals surface area contributed by atoms with Crippen molar-refractivity contribution in [3.8, 4) is 17.0 Å². The van der Waals surface area contributed by atoms with Crippen LogP contribution in [-0.4, -0.2) is 44.9 Å². The van der Waals surface area contributed by atoms with Crippen LogP contribution in [0.15, 0.2) is 120 Å². The van der Waals surface area contributed by atoms with Crippen LogP contribution in [0.4, 0.5) is 0 Å². The van der Waals surface area contributed by atoms with E-state index in [2.05, 4.69) is 94.6 Å². The maximum absolute atomic E-state index is 13.2. The Labute approximate surface area is 410 Å². The lowest BCUT2D eigenvalue weighted by atomic mass is 9.66. The number of nitrogens with one attached hydrogen (secondary N) is 2. The zero-order valence-corrected chi connectivity index (χ0v) is 41.1. The van der Waals surface area contributed by atoms with Gasteiger partial charge in [-0.25, -0.2) is 0 Å². The Kier molecular flexibility index (Phi) is 19.8. The molecule has 2 aliphatic carbocycles. The average Bonchev–Trinajstić information content (AvgIpc) is 3.90. The summed E-state index contributed by atoms with van der Waals surface area (Å²) in [5.41, 5.74) is 2.57. The highest BCUT2D eigenvalue weighted by Gasteiger charge is 2.47. The standard InChI is InChI=1S/C54H64Cl3N5O5/c1-4-5-6-7-8-9-10-11-12-13-14-15-16-17-18-19-20-21-22-26-49(63)58-31-32-59-53(64)47-34-48(62(60-47)38(2)3)40-35-54(65,36-40)43-30-29-41(33-46(43)57)66-37-42-51(61-67-52(42)39-27-28-39)50-44(55)24-23-25-45(50)56/h5-6,8-9,11-12,14-15,17-18,20-21,23-25,29-30,33-34,38-40,65H,4,7,10,13,16,19,22,26-28,31-32,35-37H2,1-3H3,(H,58,63)(H,59,64)/b6-5-,9-8-,12-11-,15-14-,18-17-,21-20-. The molecule has 67 heavy (non-hydrogen) atoms. The summed E-state index contributed by atoms with van der Waals surface area (Å²) >= 11 is 19.9. The summed E-state index contributed by atoms with van der Waals surface area (Å²) < 4.78 is 13.9. The third kappa shape index (κ3) is 14.9. The number of ether oxygens (including phenoxy) is 1. The maximum atomic E-state index is 13.2. The summed E-state index contributed by atoms with van der Waals surface area (Å²) in [6.07, 6.45) is 35.5. The number of halogens is 3. The number of hydrogen-bond donors (Lipinski definition) is 3. The first-order valence-corrected chi connectivity index (χ1v) is 24.7. The molecule has 0 unspecified atom stereocenters. The van der Waals surface area contributed by atoms with E-state index < -0.39 is 5.60 Å². The number of amides is 2. The molecule has 2 amide bonds. The minimum absolute atomic E-state index is 0.00831. The van der Waals surface area contributed by atoms with E-state index in [1.54, 1.807) is 42.5 Å². The van der Waals surface area contributed by atoms with Crippen LogP contribution in [0.3, 0.4) is 0 Å². The minimum Gasteiger partial charge on any atom is -0.489 e. The Morgan fingerprint density at radius 1 is 0.821 bits per heavy atom. The van der Waals surface area contributed by atoms with Crippen molar-refractivity contribution in [2.24, 2.45) is 0 Å². The third-order valence-electron chi connectivity index (χ3n) is 11.7. The fourth-order valence-electron chi connectivity index (χ4n) is 8.00. The average molecular weight is 969 g/mol. The number of allylic oxidation sites excluding steroid dienone is 12. The van der Waals surface area contributed by atoms with E-state index in [0.717, 1.165) is 68.4 Å². The molecular formula is C54H64Cl3N5O5. The third-order valence-corrected chi connectivity index (χ3v) is 12.7. The molecular weight excluding hydrogens is 905 g/mol. The fraction of sp³-hybridized carbons (Fsp3) is 0.407. The van der Waals surface area contributed by atoms with Crippen LogP contribution in [0.1, 0.15) is 149 Å². The van der Waals surface area contributed by atoms with Crippen molar-refractivity contribution >= 4 is 46.6 Å². The molecule has 0 atom stereocenters. The van der Waals surface area contributed by atoms with Gasteiger partial charge < -0.3 is 25.0 Å². The Morgan fingerprint density at radius 2 is 1.42 bits per heavy atom. The molecule has 0 spiro atoms. The van der Waals surface area contributed by atoms with Gasteiger partial charge in [-0.2, -0.15) is 5.10 Å². The summed E-state index contributed by atoms with van der Waals surface area (Å²) in [5.74, 6) is 1.15. The van der Waals surface area contributed by atoms with Crippen molar-refractivity contribution in [3.63, 3.8) is 0 Å². The first-order chi connectivity index (χ1) is 32.5. The van der Waals surface area contributed by atoms with Crippen molar-refractivity contribution in [3.05, 3.63) is 159 Å². The number of nitrogens with zero attached hydrogens (tertiary/aromatic N) is 3.